The number of amides is 2. The average molecular weight is 350 g/mol. The molecule has 1 saturated carbocycles. The van der Waals surface area contributed by atoms with Gasteiger partial charge in [0, 0.05) is 12.1 Å². The monoisotopic (exact) mass is 350 g/mol. The number of rotatable bonds is 8. The lowest BCUT2D eigenvalue weighted by Crippen LogP contribution is -2.32. The largest absolute Gasteiger partial charge is 0.481 e. The van der Waals surface area contributed by atoms with Gasteiger partial charge in [0.25, 0.3) is 0 Å². The molecule has 0 bridgehead atoms. The lowest BCUT2D eigenvalue weighted by Gasteiger charge is -2.10. The van der Waals surface area contributed by atoms with Gasteiger partial charge in [-0.25, -0.2) is 4.39 Å². The maximum atomic E-state index is 13.7. The topological polar surface area (TPSA) is 95.5 Å². The molecule has 0 heterocycles. The number of carboxylic acid groups (broad SMARTS) is 1. The van der Waals surface area contributed by atoms with Crippen molar-refractivity contribution in [3.63, 3.8) is 0 Å². The van der Waals surface area contributed by atoms with Crippen LogP contribution in [0.2, 0.25) is 0 Å². The highest BCUT2D eigenvalue weighted by molar-refractivity contribution is 5.94. The first-order valence-electron chi connectivity index (χ1n) is 8.51. The second-order valence-electron chi connectivity index (χ2n) is 6.39. The molecule has 1 aliphatic rings. The number of aliphatic carboxylic acids is 1. The maximum absolute atomic E-state index is 13.7. The molecule has 1 fully saturated rings. The van der Waals surface area contributed by atoms with Crippen molar-refractivity contribution in [1.29, 1.82) is 0 Å². The van der Waals surface area contributed by atoms with E-state index in [9.17, 15) is 18.8 Å². The van der Waals surface area contributed by atoms with Crippen LogP contribution in [0.4, 0.5) is 10.1 Å². The summed E-state index contributed by atoms with van der Waals surface area (Å²) < 4.78 is 13.7. The molecule has 0 aromatic heterocycles. The number of carbonyl (C=O) groups excluding carboxylic acids is 2. The van der Waals surface area contributed by atoms with Crippen LogP contribution in [0.15, 0.2) is 18.2 Å². The van der Waals surface area contributed by atoms with E-state index in [2.05, 4.69) is 10.6 Å². The minimum Gasteiger partial charge on any atom is -0.481 e. The molecule has 0 radical (unpaired) electrons. The molecule has 0 saturated heterocycles. The van der Waals surface area contributed by atoms with Crippen LogP contribution in [0.3, 0.4) is 0 Å². The van der Waals surface area contributed by atoms with Crippen molar-refractivity contribution in [2.45, 2.75) is 44.9 Å². The number of nitrogens with one attached hydrogen (secondary N) is 2. The van der Waals surface area contributed by atoms with Gasteiger partial charge in [-0.05, 0) is 30.0 Å². The Bertz CT molecular complexity index is 642. The Hall–Kier alpha value is -2.44. The zero-order chi connectivity index (χ0) is 18.2. The Balaban J connectivity index is 1.73. The second-order valence-corrected chi connectivity index (χ2v) is 6.39. The number of carboxylic acids is 1. The van der Waals surface area contributed by atoms with E-state index >= 15 is 0 Å². The lowest BCUT2D eigenvalue weighted by atomic mass is 10.0. The standard InChI is InChI=1S/C18H23FN2O4/c19-15-10-14(7-6-13(15)9-18(24)25)21-17(23)11-20-16(22)8-5-12-3-1-2-4-12/h6-7,10,12H,1-5,8-9,11H2,(H,20,22)(H,21,23)(H,24,25). The molecule has 25 heavy (non-hydrogen) atoms. The predicted octanol–water partition coefficient (Wildman–Crippen LogP) is 2.48. The first-order chi connectivity index (χ1) is 11.9. The van der Waals surface area contributed by atoms with E-state index in [4.69, 9.17) is 5.11 Å². The summed E-state index contributed by atoms with van der Waals surface area (Å²) in [5.41, 5.74) is 0.266. The molecule has 1 aromatic rings. The molecular weight excluding hydrogens is 327 g/mol. The fourth-order valence-electron chi connectivity index (χ4n) is 3.04. The van der Waals surface area contributed by atoms with Crippen molar-refractivity contribution in [2.24, 2.45) is 5.92 Å². The summed E-state index contributed by atoms with van der Waals surface area (Å²) in [5.74, 6) is -1.83. The van der Waals surface area contributed by atoms with Gasteiger partial charge in [-0.1, -0.05) is 31.7 Å². The predicted molar refractivity (Wildman–Crippen MR) is 90.6 cm³/mol. The number of anilines is 1. The smallest absolute Gasteiger partial charge is 0.307 e. The van der Waals surface area contributed by atoms with Crippen LogP contribution in [0.25, 0.3) is 0 Å². The van der Waals surface area contributed by atoms with Crippen LogP contribution in [0, 0.1) is 11.7 Å². The number of benzene rings is 1. The van der Waals surface area contributed by atoms with Crippen LogP contribution in [-0.2, 0) is 20.8 Å². The van der Waals surface area contributed by atoms with E-state index in [1.54, 1.807) is 0 Å². The number of halogens is 1. The summed E-state index contributed by atoms with van der Waals surface area (Å²) in [5, 5.41) is 13.7. The summed E-state index contributed by atoms with van der Waals surface area (Å²) in [6, 6.07) is 3.82. The SMILES string of the molecule is O=C(O)Cc1ccc(NC(=O)CNC(=O)CCC2CCCC2)cc1F. The molecule has 1 aromatic carbocycles. The van der Waals surface area contributed by atoms with Crippen LogP contribution in [-0.4, -0.2) is 29.4 Å². The van der Waals surface area contributed by atoms with Gasteiger partial charge >= 0.3 is 5.97 Å². The molecule has 2 amide bonds. The van der Waals surface area contributed by atoms with Gasteiger partial charge in [-0.3, -0.25) is 14.4 Å². The summed E-state index contributed by atoms with van der Waals surface area (Å²) in [6.07, 6.45) is 5.67. The van der Waals surface area contributed by atoms with E-state index in [0.717, 1.165) is 12.5 Å². The molecule has 0 spiro atoms. The van der Waals surface area contributed by atoms with Gasteiger partial charge < -0.3 is 15.7 Å². The normalized spacial score (nSPS) is 14.3. The number of carbonyl (C=O) groups is 3. The van der Waals surface area contributed by atoms with Crippen molar-refractivity contribution in [3.05, 3.63) is 29.6 Å². The molecule has 7 heteroatoms. The fraction of sp³-hybridized carbons (Fsp3) is 0.500. The number of hydrogen-bond donors (Lipinski definition) is 3. The van der Waals surface area contributed by atoms with Crippen molar-refractivity contribution < 1.29 is 23.9 Å². The Morgan fingerprint density at radius 3 is 2.52 bits per heavy atom. The van der Waals surface area contributed by atoms with E-state index in [1.807, 2.05) is 0 Å². The van der Waals surface area contributed by atoms with Crippen molar-refractivity contribution in [2.75, 3.05) is 11.9 Å². The third-order valence-corrected chi connectivity index (χ3v) is 4.38. The highest BCUT2D eigenvalue weighted by atomic mass is 19.1. The van der Waals surface area contributed by atoms with E-state index in [-0.39, 0.29) is 23.7 Å². The molecule has 0 atom stereocenters. The summed E-state index contributed by atoms with van der Waals surface area (Å²) in [4.78, 5) is 34.2. The molecule has 136 valence electrons. The summed E-state index contributed by atoms with van der Waals surface area (Å²) in [6.45, 7) is -0.179. The zero-order valence-corrected chi connectivity index (χ0v) is 14.0. The highest BCUT2D eigenvalue weighted by Gasteiger charge is 2.16. The van der Waals surface area contributed by atoms with Gasteiger partial charge in [-0.2, -0.15) is 0 Å². The second kappa shape index (κ2) is 9.15. The van der Waals surface area contributed by atoms with E-state index < -0.39 is 24.1 Å². The minimum atomic E-state index is -1.13. The summed E-state index contributed by atoms with van der Waals surface area (Å²) >= 11 is 0. The Kier molecular flexibility index (Phi) is 6.91. The quantitative estimate of drug-likeness (QED) is 0.671. The van der Waals surface area contributed by atoms with E-state index in [0.29, 0.717) is 12.3 Å². The molecule has 2 rings (SSSR count). The molecular formula is C18H23FN2O4. The first kappa shape index (κ1) is 18.9. The first-order valence-corrected chi connectivity index (χ1v) is 8.51. The lowest BCUT2D eigenvalue weighted by molar-refractivity contribution is -0.136. The van der Waals surface area contributed by atoms with Crippen LogP contribution in [0.5, 0.6) is 0 Å². The molecule has 0 aliphatic heterocycles. The molecule has 1 aliphatic carbocycles. The van der Waals surface area contributed by atoms with Gasteiger partial charge in [0.2, 0.25) is 11.8 Å². The van der Waals surface area contributed by atoms with Gasteiger partial charge in [0.1, 0.15) is 5.82 Å². The Labute approximate surface area is 145 Å². The van der Waals surface area contributed by atoms with Crippen LogP contribution >= 0.6 is 0 Å². The Morgan fingerprint density at radius 2 is 1.88 bits per heavy atom. The fourth-order valence-corrected chi connectivity index (χ4v) is 3.04. The minimum absolute atomic E-state index is 0.0470. The van der Waals surface area contributed by atoms with Gasteiger partial charge in [0.15, 0.2) is 0 Å². The molecule has 6 nitrogen and oxygen atoms in total. The van der Waals surface area contributed by atoms with Crippen molar-refractivity contribution >= 4 is 23.5 Å². The Morgan fingerprint density at radius 1 is 1.16 bits per heavy atom. The highest BCUT2D eigenvalue weighted by Crippen LogP contribution is 2.28. The maximum Gasteiger partial charge on any atom is 0.307 e. The van der Waals surface area contributed by atoms with Crippen LogP contribution in [0.1, 0.15) is 44.1 Å². The van der Waals surface area contributed by atoms with Crippen LogP contribution < -0.4 is 10.6 Å². The number of hydrogen-bond acceptors (Lipinski definition) is 3. The van der Waals surface area contributed by atoms with Gasteiger partial charge in [-0.15, -0.1) is 0 Å². The molecule has 3 N–H and O–H groups in total. The third kappa shape index (κ3) is 6.52. The van der Waals surface area contributed by atoms with Gasteiger partial charge in [0.05, 0.1) is 13.0 Å². The zero-order valence-electron chi connectivity index (χ0n) is 14.0. The molecule has 0 unspecified atom stereocenters. The van der Waals surface area contributed by atoms with E-state index in [1.165, 1.54) is 37.8 Å². The average Bonchev–Trinajstić information content (AvgIpc) is 3.07. The van der Waals surface area contributed by atoms with Crippen molar-refractivity contribution in [1.82, 2.24) is 5.32 Å². The van der Waals surface area contributed by atoms with Crippen molar-refractivity contribution in [3.8, 4) is 0 Å². The third-order valence-electron chi connectivity index (χ3n) is 4.38. The summed E-state index contributed by atoms with van der Waals surface area (Å²) in [7, 11) is 0.